The van der Waals surface area contributed by atoms with Crippen molar-refractivity contribution in [2.45, 2.75) is 44.8 Å². The zero-order valence-corrected chi connectivity index (χ0v) is 13.6. The number of carbonyl (C=O) groups excluding carboxylic acids is 1. The van der Waals surface area contributed by atoms with E-state index < -0.39 is 16.1 Å². The minimum absolute atomic E-state index is 0.0518. The number of rotatable bonds is 6. The van der Waals surface area contributed by atoms with Crippen molar-refractivity contribution in [1.82, 2.24) is 9.62 Å². The van der Waals surface area contributed by atoms with Gasteiger partial charge in [-0.1, -0.05) is 18.2 Å². The first kappa shape index (κ1) is 16.9. The molecule has 2 rings (SSSR count). The summed E-state index contributed by atoms with van der Waals surface area (Å²) >= 11 is 0. The summed E-state index contributed by atoms with van der Waals surface area (Å²) in [6.45, 7) is 1.67. The fourth-order valence-electron chi connectivity index (χ4n) is 2.52. The minimum Gasteiger partial charge on any atom is -0.334 e. The van der Waals surface area contributed by atoms with Gasteiger partial charge in [-0.05, 0) is 32.3 Å². The van der Waals surface area contributed by atoms with Crippen LogP contribution >= 0.6 is 0 Å². The molecule has 0 aromatic heterocycles. The molecule has 1 amide bonds. The highest BCUT2D eigenvalue weighted by Gasteiger charge is 2.32. The number of nitrogens with zero attached hydrogens (tertiary/aromatic N) is 1. The number of benzene rings is 1. The molecule has 22 heavy (non-hydrogen) atoms. The average Bonchev–Trinajstić information content (AvgIpc) is 2.35. The zero-order chi connectivity index (χ0) is 16.3. The van der Waals surface area contributed by atoms with Crippen LogP contribution < -0.4 is 4.72 Å². The highest BCUT2D eigenvalue weighted by atomic mass is 32.2. The van der Waals surface area contributed by atoms with E-state index >= 15 is 0 Å². The molecule has 0 aliphatic heterocycles. The summed E-state index contributed by atoms with van der Waals surface area (Å²) in [4.78, 5) is 14.1. The standard InChI is InChI=1S/C15H21FN2O3S/c1-11(17-22(2,20)21)15(19)18(13-7-5-8-13)10-12-6-3-4-9-14(12)16/h3-4,6,9,11,13,17H,5,7-8,10H2,1-2H3. The van der Waals surface area contributed by atoms with Gasteiger partial charge in [-0.2, -0.15) is 0 Å². The molecular formula is C15H21FN2O3S. The monoisotopic (exact) mass is 328 g/mol. The number of amides is 1. The second-order valence-corrected chi connectivity index (χ2v) is 7.53. The summed E-state index contributed by atoms with van der Waals surface area (Å²) in [6, 6.07) is 5.51. The topological polar surface area (TPSA) is 66.5 Å². The van der Waals surface area contributed by atoms with E-state index in [1.54, 1.807) is 23.1 Å². The minimum atomic E-state index is -3.47. The van der Waals surface area contributed by atoms with Crippen molar-refractivity contribution < 1.29 is 17.6 Å². The van der Waals surface area contributed by atoms with Crippen molar-refractivity contribution in [2.75, 3.05) is 6.26 Å². The van der Waals surface area contributed by atoms with E-state index in [0.717, 1.165) is 25.5 Å². The molecule has 1 aromatic carbocycles. The van der Waals surface area contributed by atoms with E-state index in [9.17, 15) is 17.6 Å². The summed E-state index contributed by atoms with van der Waals surface area (Å²) < 4.78 is 38.7. The number of hydrogen-bond donors (Lipinski definition) is 1. The Kier molecular flexibility index (Phi) is 5.18. The Morgan fingerprint density at radius 1 is 1.41 bits per heavy atom. The van der Waals surface area contributed by atoms with Gasteiger partial charge in [0.15, 0.2) is 0 Å². The van der Waals surface area contributed by atoms with Gasteiger partial charge < -0.3 is 4.90 Å². The molecule has 1 aliphatic rings. The van der Waals surface area contributed by atoms with Crippen LogP contribution in [-0.4, -0.2) is 37.6 Å². The Morgan fingerprint density at radius 2 is 2.05 bits per heavy atom. The van der Waals surface area contributed by atoms with Crippen molar-refractivity contribution in [2.24, 2.45) is 0 Å². The van der Waals surface area contributed by atoms with Crippen LogP contribution in [0.4, 0.5) is 4.39 Å². The first-order chi connectivity index (χ1) is 10.3. The summed E-state index contributed by atoms with van der Waals surface area (Å²) in [7, 11) is -3.47. The lowest BCUT2D eigenvalue weighted by molar-refractivity contribution is -0.137. The van der Waals surface area contributed by atoms with Crippen LogP contribution in [0.2, 0.25) is 0 Å². The molecule has 1 unspecified atom stereocenters. The fraction of sp³-hybridized carbons (Fsp3) is 0.533. The van der Waals surface area contributed by atoms with Crippen molar-refractivity contribution in [1.29, 1.82) is 0 Å². The third-order valence-corrected chi connectivity index (χ3v) is 4.64. The lowest BCUT2D eigenvalue weighted by Crippen LogP contribution is -2.51. The van der Waals surface area contributed by atoms with Gasteiger partial charge in [0.25, 0.3) is 0 Å². The lowest BCUT2D eigenvalue weighted by Gasteiger charge is -2.39. The summed E-state index contributed by atoms with van der Waals surface area (Å²) in [5, 5.41) is 0. The van der Waals surface area contributed by atoms with Gasteiger partial charge in [0.2, 0.25) is 15.9 Å². The van der Waals surface area contributed by atoms with Crippen LogP contribution in [0.25, 0.3) is 0 Å². The van der Waals surface area contributed by atoms with Crippen LogP contribution in [0.5, 0.6) is 0 Å². The first-order valence-corrected chi connectivity index (χ1v) is 9.18. The number of hydrogen-bond acceptors (Lipinski definition) is 3. The largest absolute Gasteiger partial charge is 0.334 e. The fourth-order valence-corrected chi connectivity index (χ4v) is 3.26. The van der Waals surface area contributed by atoms with Crippen LogP contribution in [-0.2, 0) is 21.4 Å². The third-order valence-electron chi connectivity index (χ3n) is 3.86. The van der Waals surface area contributed by atoms with Crippen molar-refractivity contribution >= 4 is 15.9 Å². The first-order valence-electron chi connectivity index (χ1n) is 7.29. The maximum atomic E-state index is 13.8. The summed E-state index contributed by atoms with van der Waals surface area (Å²) in [5.41, 5.74) is 0.439. The summed E-state index contributed by atoms with van der Waals surface area (Å²) in [6.07, 6.45) is 3.78. The molecule has 1 aromatic rings. The Bertz CT molecular complexity index is 644. The maximum absolute atomic E-state index is 13.8. The number of sulfonamides is 1. The van der Waals surface area contributed by atoms with Gasteiger partial charge >= 0.3 is 0 Å². The SMILES string of the molecule is CC(NS(C)(=O)=O)C(=O)N(Cc1ccccc1F)C1CCC1. The smallest absolute Gasteiger partial charge is 0.241 e. The molecular weight excluding hydrogens is 307 g/mol. The van der Waals surface area contributed by atoms with Crippen LogP contribution in [0, 0.1) is 5.82 Å². The molecule has 1 fully saturated rings. The molecule has 0 heterocycles. The van der Waals surface area contributed by atoms with Crippen LogP contribution in [0.3, 0.4) is 0 Å². The second kappa shape index (κ2) is 6.75. The molecule has 1 N–H and O–H groups in total. The van der Waals surface area contributed by atoms with E-state index in [1.165, 1.54) is 13.0 Å². The zero-order valence-electron chi connectivity index (χ0n) is 12.8. The highest BCUT2D eigenvalue weighted by molar-refractivity contribution is 7.88. The lowest BCUT2D eigenvalue weighted by atomic mass is 9.90. The Balaban J connectivity index is 2.16. The number of carbonyl (C=O) groups is 1. The Labute approximate surface area is 130 Å². The van der Waals surface area contributed by atoms with E-state index in [4.69, 9.17) is 0 Å². The van der Waals surface area contributed by atoms with Crippen LogP contribution in [0.1, 0.15) is 31.7 Å². The van der Waals surface area contributed by atoms with E-state index in [2.05, 4.69) is 4.72 Å². The quantitative estimate of drug-likeness (QED) is 0.863. The molecule has 0 saturated heterocycles. The van der Waals surface area contributed by atoms with E-state index in [1.807, 2.05) is 0 Å². The molecule has 1 saturated carbocycles. The molecule has 122 valence electrons. The molecule has 0 radical (unpaired) electrons. The molecule has 1 atom stereocenters. The van der Waals surface area contributed by atoms with Gasteiger partial charge in [-0.3, -0.25) is 4.79 Å². The molecule has 0 spiro atoms. The maximum Gasteiger partial charge on any atom is 0.241 e. The van der Waals surface area contributed by atoms with Gasteiger partial charge in [0.1, 0.15) is 5.82 Å². The third kappa shape index (κ3) is 4.27. The highest BCUT2D eigenvalue weighted by Crippen LogP contribution is 2.27. The van der Waals surface area contributed by atoms with Gasteiger partial charge in [-0.15, -0.1) is 0 Å². The number of halogens is 1. The predicted octanol–water partition coefficient (Wildman–Crippen LogP) is 1.64. The average molecular weight is 328 g/mol. The van der Waals surface area contributed by atoms with Gasteiger partial charge in [-0.25, -0.2) is 17.5 Å². The van der Waals surface area contributed by atoms with Crippen LogP contribution in [0.15, 0.2) is 24.3 Å². The number of nitrogens with one attached hydrogen (secondary N) is 1. The molecule has 0 bridgehead atoms. The van der Waals surface area contributed by atoms with Crippen molar-refractivity contribution in [3.8, 4) is 0 Å². The molecule has 7 heteroatoms. The molecule has 5 nitrogen and oxygen atoms in total. The van der Waals surface area contributed by atoms with Crippen molar-refractivity contribution in [3.63, 3.8) is 0 Å². The molecule has 1 aliphatic carbocycles. The van der Waals surface area contributed by atoms with Gasteiger partial charge in [0, 0.05) is 18.2 Å². The Morgan fingerprint density at radius 3 is 2.55 bits per heavy atom. The Hall–Kier alpha value is -1.47. The normalized spacial score (nSPS) is 16.9. The van der Waals surface area contributed by atoms with Gasteiger partial charge in [0.05, 0.1) is 12.3 Å². The van der Waals surface area contributed by atoms with Crippen molar-refractivity contribution in [3.05, 3.63) is 35.6 Å². The predicted molar refractivity (Wildman–Crippen MR) is 82.0 cm³/mol. The van der Waals surface area contributed by atoms with E-state index in [0.29, 0.717) is 5.56 Å². The summed E-state index contributed by atoms with van der Waals surface area (Å²) in [5.74, 6) is -0.679. The van der Waals surface area contributed by atoms with E-state index in [-0.39, 0.29) is 24.3 Å². The second-order valence-electron chi connectivity index (χ2n) is 5.75.